The number of nitrogens with zero attached hydrogens (tertiary/aromatic N) is 2. The number of nitrogens with two attached hydrogens (primary N) is 1. The quantitative estimate of drug-likeness (QED) is 0.871. The van der Waals surface area contributed by atoms with Gasteiger partial charge in [0, 0.05) is 17.6 Å². The Morgan fingerprint density at radius 1 is 1.42 bits per heavy atom. The van der Waals surface area contributed by atoms with Crippen molar-refractivity contribution in [1.82, 2.24) is 0 Å². The second-order valence-corrected chi connectivity index (χ2v) is 6.39. The second-order valence-electron chi connectivity index (χ2n) is 5.54. The lowest BCUT2D eigenvalue weighted by Crippen LogP contribution is -2.39. The lowest BCUT2D eigenvalue weighted by atomic mass is 9.92. The summed E-state index contributed by atoms with van der Waals surface area (Å²) in [5.41, 5.74) is 7.54. The van der Waals surface area contributed by atoms with E-state index in [1.165, 1.54) is 0 Å². The van der Waals surface area contributed by atoms with Crippen molar-refractivity contribution in [3.05, 3.63) is 28.2 Å². The van der Waals surface area contributed by atoms with Gasteiger partial charge in [0.1, 0.15) is 6.07 Å². The van der Waals surface area contributed by atoms with Crippen molar-refractivity contribution in [3.8, 4) is 6.07 Å². The van der Waals surface area contributed by atoms with Gasteiger partial charge in [0.05, 0.1) is 11.3 Å². The van der Waals surface area contributed by atoms with Crippen LogP contribution in [-0.2, 0) is 0 Å². The van der Waals surface area contributed by atoms with Crippen LogP contribution in [0.1, 0.15) is 32.8 Å². The zero-order valence-corrected chi connectivity index (χ0v) is 13.5. The highest BCUT2D eigenvalue weighted by molar-refractivity contribution is 9.10. The van der Waals surface area contributed by atoms with Crippen LogP contribution in [0.3, 0.4) is 0 Å². The first-order valence-corrected chi connectivity index (χ1v) is 7.38. The molecule has 1 aromatic carbocycles. The van der Waals surface area contributed by atoms with Crippen LogP contribution >= 0.6 is 15.9 Å². The fourth-order valence-corrected chi connectivity index (χ4v) is 2.47. The lowest BCUT2D eigenvalue weighted by molar-refractivity contribution is 0.377. The van der Waals surface area contributed by atoms with Gasteiger partial charge in [-0.15, -0.1) is 0 Å². The summed E-state index contributed by atoms with van der Waals surface area (Å²) in [6, 6.07) is 8.17. The predicted octanol–water partition coefficient (Wildman–Crippen LogP) is 3.52. The van der Waals surface area contributed by atoms with Crippen molar-refractivity contribution < 1.29 is 0 Å². The molecular formula is C15H22BrN3. The van der Waals surface area contributed by atoms with Crippen molar-refractivity contribution >= 4 is 21.6 Å². The number of rotatable bonds is 6. The Kier molecular flexibility index (Phi) is 5.84. The van der Waals surface area contributed by atoms with E-state index in [0.717, 1.165) is 29.7 Å². The predicted molar refractivity (Wildman–Crippen MR) is 84.2 cm³/mol. The van der Waals surface area contributed by atoms with E-state index in [1.807, 2.05) is 18.2 Å². The van der Waals surface area contributed by atoms with E-state index in [0.29, 0.717) is 12.1 Å². The molecule has 0 radical (unpaired) electrons. The summed E-state index contributed by atoms with van der Waals surface area (Å²) in [6.07, 6.45) is 1.04. The molecule has 3 nitrogen and oxygen atoms in total. The summed E-state index contributed by atoms with van der Waals surface area (Å²) in [7, 11) is 0. The first-order valence-electron chi connectivity index (χ1n) is 6.59. The molecule has 1 rings (SSSR count). The van der Waals surface area contributed by atoms with Gasteiger partial charge in [-0.2, -0.15) is 5.26 Å². The van der Waals surface area contributed by atoms with E-state index in [9.17, 15) is 5.26 Å². The maximum atomic E-state index is 9.34. The molecular weight excluding hydrogens is 302 g/mol. The first kappa shape index (κ1) is 16.0. The molecule has 0 aliphatic rings. The van der Waals surface area contributed by atoms with Gasteiger partial charge in [-0.05, 0) is 46.4 Å². The Balaban J connectivity index is 3.13. The zero-order chi connectivity index (χ0) is 14.5. The van der Waals surface area contributed by atoms with Crippen LogP contribution in [0.5, 0.6) is 0 Å². The maximum absolute atomic E-state index is 9.34. The third-order valence-corrected chi connectivity index (χ3v) is 3.77. The summed E-state index contributed by atoms with van der Waals surface area (Å²) in [5, 5.41) is 9.34. The summed E-state index contributed by atoms with van der Waals surface area (Å²) < 4.78 is 0.846. The molecule has 0 saturated carbocycles. The molecule has 104 valence electrons. The van der Waals surface area contributed by atoms with Crippen LogP contribution in [0.25, 0.3) is 0 Å². The average molecular weight is 324 g/mol. The second kappa shape index (κ2) is 6.93. The summed E-state index contributed by atoms with van der Waals surface area (Å²) in [4.78, 5) is 2.26. The molecule has 0 saturated heterocycles. The van der Waals surface area contributed by atoms with Crippen molar-refractivity contribution in [2.24, 2.45) is 11.1 Å². The molecule has 2 N–H and O–H groups in total. The normalized spacial score (nSPS) is 11.2. The third-order valence-electron chi connectivity index (χ3n) is 3.11. The highest BCUT2D eigenvalue weighted by atomic mass is 79.9. The molecule has 0 aliphatic carbocycles. The minimum Gasteiger partial charge on any atom is -0.370 e. The van der Waals surface area contributed by atoms with Crippen LogP contribution in [0.2, 0.25) is 0 Å². The van der Waals surface area contributed by atoms with Gasteiger partial charge < -0.3 is 10.6 Å². The molecule has 1 aromatic rings. The third kappa shape index (κ3) is 4.22. The van der Waals surface area contributed by atoms with E-state index in [-0.39, 0.29) is 5.41 Å². The van der Waals surface area contributed by atoms with Crippen LogP contribution in [0, 0.1) is 16.7 Å². The van der Waals surface area contributed by atoms with Gasteiger partial charge >= 0.3 is 0 Å². The SMILES string of the molecule is CCCN(CC(C)(C)CN)c1cccc(Br)c1C#N. The molecule has 19 heavy (non-hydrogen) atoms. The van der Waals surface area contributed by atoms with Crippen LogP contribution in [-0.4, -0.2) is 19.6 Å². The monoisotopic (exact) mass is 323 g/mol. The van der Waals surface area contributed by atoms with Gasteiger partial charge in [-0.1, -0.05) is 26.8 Å². The highest BCUT2D eigenvalue weighted by Gasteiger charge is 2.22. The Labute approximate surface area is 124 Å². The Hall–Kier alpha value is -1.05. The van der Waals surface area contributed by atoms with E-state index in [2.05, 4.69) is 47.7 Å². The maximum Gasteiger partial charge on any atom is 0.103 e. The fourth-order valence-electron chi connectivity index (χ4n) is 2.02. The van der Waals surface area contributed by atoms with Crippen molar-refractivity contribution in [1.29, 1.82) is 5.26 Å². The Morgan fingerprint density at radius 3 is 2.63 bits per heavy atom. The van der Waals surface area contributed by atoms with Gasteiger partial charge in [-0.25, -0.2) is 0 Å². The van der Waals surface area contributed by atoms with Gasteiger partial charge in [-0.3, -0.25) is 0 Å². The molecule has 0 spiro atoms. The van der Waals surface area contributed by atoms with E-state index in [4.69, 9.17) is 5.73 Å². The average Bonchev–Trinajstić information content (AvgIpc) is 2.38. The van der Waals surface area contributed by atoms with E-state index < -0.39 is 0 Å². The molecule has 0 aliphatic heterocycles. The van der Waals surface area contributed by atoms with Gasteiger partial charge in [0.25, 0.3) is 0 Å². The van der Waals surface area contributed by atoms with Gasteiger partial charge in [0.15, 0.2) is 0 Å². The highest BCUT2D eigenvalue weighted by Crippen LogP contribution is 2.29. The Bertz CT molecular complexity index is 463. The molecule has 0 unspecified atom stereocenters. The topological polar surface area (TPSA) is 53.0 Å². The fraction of sp³-hybridized carbons (Fsp3) is 0.533. The summed E-state index contributed by atoms with van der Waals surface area (Å²) >= 11 is 3.45. The Morgan fingerprint density at radius 2 is 2.11 bits per heavy atom. The molecule has 0 bridgehead atoms. The minimum atomic E-state index is 0.0320. The van der Waals surface area contributed by atoms with Crippen molar-refractivity contribution in [2.45, 2.75) is 27.2 Å². The standard InChI is InChI=1S/C15H22BrN3/c1-4-8-19(11-15(2,3)10-18)14-7-5-6-13(16)12(14)9-17/h5-7H,4,8,10-11,18H2,1-3H3. The van der Waals surface area contributed by atoms with E-state index >= 15 is 0 Å². The van der Waals surface area contributed by atoms with Crippen molar-refractivity contribution in [2.75, 3.05) is 24.5 Å². The van der Waals surface area contributed by atoms with Crippen LogP contribution in [0.15, 0.2) is 22.7 Å². The molecule has 0 amide bonds. The van der Waals surface area contributed by atoms with Crippen LogP contribution in [0.4, 0.5) is 5.69 Å². The molecule has 0 fully saturated rings. The molecule has 0 heterocycles. The molecule has 4 heteroatoms. The summed E-state index contributed by atoms with van der Waals surface area (Å²) in [5.74, 6) is 0. The number of anilines is 1. The van der Waals surface area contributed by atoms with Gasteiger partial charge in [0.2, 0.25) is 0 Å². The largest absolute Gasteiger partial charge is 0.370 e. The lowest BCUT2D eigenvalue weighted by Gasteiger charge is -2.34. The smallest absolute Gasteiger partial charge is 0.103 e. The number of benzene rings is 1. The summed E-state index contributed by atoms with van der Waals surface area (Å²) in [6.45, 7) is 8.85. The molecule has 0 aromatic heterocycles. The number of hydrogen-bond acceptors (Lipinski definition) is 3. The first-order chi connectivity index (χ1) is 8.95. The zero-order valence-electron chi connectivity index (χ0n) is 11.9. The number of halogens is 1. The number of hydrogen-bond donors (Lipinski definition) is 1. The van der Waals surface area contributed by atoms with Crippen LogP contribution < -0.4 is 10.6 Å². The molecule has 0 atom stereocenters. The number of nitriles is 1. The van der Waals surface area contributed by atoms with E-state index in [1.54, 1.807) is 0 Å². The minimum absolute atomic E-state index is 0.0320. The van der Waals surface area contributed by atoms with Crippen molar-refractivity contribution in [3.63, 3.8) is 0 Å².